The Morgan fingerprint density at radius 1 is 1.29 bits per heavy atom. The van der Waals surface area contributed by atoms with E-state index in [1.54, 1.807) is 0 Å². The van der Waals surface area contributed by atoms with Crippen molar-refractivity contribution in [3.8, 4) is 5.75 Å². The minimum absolute atomic E-state index is 0.239. The maximum absolute atomic E-state index is 5.68. The fourth-order valence-electron chi connectivity index (χ4n) is 2.57. The van der Waals surface area contributed by atoms with Crippen LogP contribution >= 0.6 is 0 Å². The molecule has 2 atom stereocenters. The number of hydrogen-bond donors (Lipinski definition) is 1. The maximum atomic E-state index is 5.68. The summed E-state index contributed by atoms with van der Waals surface area (Å²) in [5, 5.41) is 3.52. The molecule has 1 aliphatic heterocycles. The van der Waals surface area contributed by atoms with Crippen LogP contribution in [0.25, 0.3) is 0 Å². The molecule has 0 amide bonds. The maximum Gasteiger partial charge on any atom is 0.119 e. The van der Waals surface area contributed by atoms with Gasteiger partial charge in [0.25, 0.3) is 0 Å². The van der Waals surface area contributed by atoms with Crippen LogP contribution in [-0.2, 0) is 5.41 Å². The summed E-state index contributed by atoms with van der Waals surface area (Å²) in [5.41, 5.74) is 1.67. The number of hydrogen-bond acceptors (Lipinski definition) is 2. The van der Waals surface area contributed by atoms with Crippen LogP contribution in [-0.4, -0.2) is 18.7 Å². The molecule has 0 bridgehead atoms. The molecule has 1 aliphatic rings. The summed E-state index contributed by atoms with van der Waals surface area (Å²) in [6, 6.07) is 9.14. The summed E-state index contributed by atoms with van der Waals surface area (Å²) < 4.78 is 5.68. The zero-order chi connectivity index (χ0) is 12.5. The fourth-order valence-corrected chi connectivity index (χ4v) is 2.57. The second kappa shape index (κ2) is 4.69. The molecule has 1 heterocycles. The topological polar surface area (TPSA) is 21.3 Å². The molecule has 0 spiro atoms. The highest BCUT2D eigenvalue weighted by molar-refractivity contribution is 5.34. The summed E-state index contributed by atoms with van der Waals surface area (Å²) in [7, 11) is 0. The van der Waals surface area contributed by atoms with Gasteiger partial charge >= 0.3 is 0 Å². The highest BCUT2D eigenvalue weighted by Crippen LogP contribution is 2.35. The van der Waals surface area contributed by atoms with Gasteiger partial charge in [0.15, 0.2) is 0 Å². The minimum Gasteiger partial charge on any atom is -0.491 e. The third-order valence-electron chi connectivity index (χ3n) is 3.94. The van der Waals surface area contributed by atoms with Gasteiger partial charge in [0, 0.05) is 11.5 Å². The molecule has 0 radical (unpaired) electrons. The molecule has 1 aromatic rings. The molecule has 2 rings (SSSR count). The number of benzene rings is 1. The molecule has 2 nitrogen and oxygen atoms in total. The Morgan fingerprint density at radius 2 is 1.94 bits per heavy atom. The number of nitrogens with one attached hydrogen (secondary N) is 1. The minimum atomic E-state index is 0.239. The van der Waals surface area contributed by atoms with Crippen molar-refractivity contribution < 1.29 is 4.74 Å². The first-order valence-electron chi connectivity index (χ1n) is 6.53. The molecule has 17 heavy (non-hydrogen) atoms. The van der Waals surface area contributed by atoms with Gasteiger partial charge in [-0.25, -0.2) is 0 Å². The summed E-state index contributed by atoms with van der Waals surface area (Å²) >= 11 is 0. The predicted octanol–water partition coefficient (Wildman–Crippen LogP) is 3.11. The van der Waals surface area contributed by atoms with Crippen molar-refractivity contribution in [2.24, 2.45) is 0 Å². The average Bonchev–Trinajstić information content (AvgIpc) is 2.60. The fraction of sp³-hybridized carbons (Fsp3) is 0.600. The molecular weight excluding hydrogens is 210 g/mol. The van der Waals surface area contributed by atoms with Gasteiger partial charge in [0.1, 0.15) is 5.75 Å². The Labute approximate surface area is 104 Å². The molecule has 2 heteroatoms. The standard InChI is InChI=1S/C15H23NO/c1-11(2)17-14-7-5-13(6-8-14)15(4)9-10-16-12(15)3/h5-8,11-12,16H,9-10H2,1-4H3. The van der Waals surface area contributed by atoms with Crippen LogP contribution in [0.3, 0.4) is 0 Å². The van der Waals surface area contributed by atoms with E-state index in [1.165, 1.54) is 12.0 Å². The van der Waals surface area contributed by atoms with Crippen molar-refractivity contribution in [3.63, 3.8) is 0 Å². The Bertz CT molecular complexity index is 371. The molecule has 94 valence electrons. The Kier molecular flexibility index (Phi) is 3.43. The van der Waals surface area contributed by atoms with Crippen LogP contribution < -0.4 is 10.1 Å². The summed E-state index contributed by atoms with van der Waals surface area (Å²) in [4.78, 5) is 0. The second-order valence-electron chi connectivity index (χ2n) is 5.53. The highest BCUT2D eigenvalue weighted by Gasteiger charge is 2.36. The Morgan fingerprint density at radius 3 is 2.41 bits per heavy atom. The number of ether oxygens (including phenoxy) is 1. The van der Waals surface area contributed by atoms with Crippen LogP contribution in [0.1, 0.15) is 39.7 Å². The zero-order valence-electron chi connectivity index (χ0n) is 11.3. The van der Waals surface area contributed by atoms with E-state index in [1.807, 2.05) is 0 Å². The van der Waals surface area contributed by atoms with Gasteiger partial charge in [-0.3, -0.25) is 0 Å². The smallest absolute Gasteiger partial charge is 0.119 e. The lowest BCUT2D eigenvalue weighted by atomic mass is 9.77. The van der Waals surface area contributed by atoms with Crippen molar-refractivity contribution in [2.75, 3.05) is 6.54 Å². The molecule has 0 aromatic heterocycles. The van der Waals surface area contributed by atoms with Gasteiger partial charge in [0.2, 0.25) is 0 Å². The third kappa shape index (κ3) is 2.47. The van der Waals surface area contributed by atoms with Crippen LogP contribution in [0.2, 0.25) is 0 Å². The largest absolute Gasteiger partial charge is 0.491 e. The SMILES string of the molecule is CC(C)Oc1ccc(C2(C)CCNC2C)cc1. The van der Waals surface area contributed by atoms with Gasteiger partial charge in [-0.2, -0.15) is 0 Å². The van der Waals surface area contributed by atoms with E-state index in [0.717, 1.165) is 12.3 Å². The Hall–Kier alpha value is -1.02. The predicted molar refractivity (Wildman–Crippen MR) is 71.6 cm³/mol. The van der Waals surface area contributed by atoms with E-state index in [-0.39, 0.29) is 11.5 Å². The van der Waals surface area contributed by atoms with Crippen molar-refractivity contribution in [1.82, 2.24) is 5.32 Å². The van der Waals surface area contributed by atoms with Gasteiger partial charge in [-0.05, 0) is 51.4 Å². The van der Waals surface area contributed by atoms with Gasteiger partial charge in [-0.1, -0.05) is 19.1 Å². The first-order chi connectivity index (χ1) is 8.02. The van der Waals surface area contributed by atoms with E-state index in [2.05, 4.69) is 57.3 Å². The van der Waals surface area contributed by atoms with E-state index in [4.69, 9.17) is 4.74 Å². The molecule has 1 saturated heterocycles. The molecular formula is C15H23NO. The first-order valence-corrected chi connectivity index (χ1v) is 6.53. The highest BCUT2D eigenvalue weighted by atomic mass is 16.5. The van der Waals surface area contributed by atoms with Crippen LogP contribution in [0, 0.1) is 0 Å². The van der Waals surface area contributed by atoms with E-state index in [9.17, 15) is 0 Å². The summed E-state index contributed by atoms with van der Waals surface area (Å²) in [5.74, 6) is 0.964. The van der Waals surface area contributed by atoms with Gasteiger partial charge in [0.05, 0.1) is 6.10 Å². The van der Waals surface area contributed by atoms with Crippen molar-refractivity contribution in [2.45, 2.75) is 51.7 Å². The quantitative estimate of drug-likeness (QED) is 0.866. The monoisotopic (exact) mass is 233 g/mol. The normalized spacial score (nSPS) is 28.6. The lowest BCUT2D eigenvalue weighted by Crippen LogP contribution is -2.35. The molecule has 1 aromatic carbocycles. The molecule has 2 unspecified atom stereocenters. The van der Waals surface area contributed by atoms with E-state index >= 15 is 0 Å². The van der Waals surface area contributed by atoms with Crippen LogP contribution in [0.15, 0.2) is 24.3 Å². The molecule has 0 saturated carbocycles. The van der Waals surface area contributed by atoms with Crippen molar-refractivity contribution in [3.05, 3.63) is 29.8 Å². The van der Waals surface area contributed by atoms with Gasteiger partial charge < -0.3 is 10.1 Å². The second-order valence-corrected chi connectivity index (χ2v) is 5.53. The lowest BCUT2D eigenvalue weighted by Gasteiger charge is -2.29. The molecule has 0 aliphatic carbocycles. The number of rotatable bonds is 3. The Balaban J connectivity index is 2.17. The van der Waals surface area contributed by atoms with Crippen molar-refractivity contribution in [1.29, 1.82) is 0 Å². The van der Waals surface area contributed by atoms with Crippen LogP contribution in [0.5, 0.6) is 5.75 Å². The average molecular weight is 233 g/mol. The molecule has 1 N–H and O–H groups in total. The third-order valence-corrected chi connectivity index (χ3v) is 3.94. The molecule has 1 fully saturated rings. The lowest BCUT2D eigenvalue weighted by molar-refractivity contribution is 0.242. The zero-order valence-corrected chi connectivity index (χ0v) is 11.3. The van der Waals surface area contributed by atoms with E-state index < -0.39 is 0 Å². The van der Waals surface area contributed by atoms with Crippen LogP contribution in [0.4, 0.5) is 0 Å². The van der Waals surface area contributed by atoms with Crippen molar-refractivity contribution >= 4 is 0 Å². The van der Waals surface area contributed by atoms with E-state index in [0.29, 0.717) is 6.04 Å². The first kappa shape index (κ1) is 12.4. The summed E-state index contributed by atoms with van der Waals surface area (Å²) in [6.45, 7) is 9.83. The summed E-state index contributed by atoms with van der Waals surface area (Å²) in [6.07, 6.45) is 1.45. The van der Waals surface area contributed by atoms with Gasteiger partial charge in [-0.15, -0.1) is 0 Å².